The van der Waals surface area contributed by atoms with E-state index in [0.29, 0.717) is 18.0 Å². The van der Waals surface area contributed by atoms with E-state index in [9.17, 15) is 4.79 Å². The topological polar surface area (TPSA) is 44.8 Å². The summed E-state index contributed by atoms with van der Waals surface area (Å²) in [6, 6.07) is 13.6. The van der Waals surface area contributed by atoms with Gasteiger partial charge in [0.1, 0.15) is 6.10 Å². The maximum Gasteiger partial charge on any atom is 0.251 e. The van der Waals surface area contributed by atoms with Crippen LogP contribution in [-0.2, 0) is 9.53 Å². The number of piperidine rings is 1. The Morgan fingerprint density at radius 2 is 1.85 bits per heavy atom. The highest BCUT2D eigenvalue weighted by Gasteiger charge is 2.42. The van der Waals surface area contributed by atoms with Gasteiger partial charge >= 0.3 is 0 Å². The van der Waals surface area contributed by atoms with Gasteiger partial charge in [-0.25, -0.2) is 0 Å². The smallest absolute Gasteiger partial charge is 0.251 e. The van der Waals surface area contributed by atoms with Crippen LogP contribution in [0.2, 0.25) is 0 Å². The fourth-order valence-corrected chi connectivity index (χ4v) is 4.84. The van der Waals surface area contributed by atoms with E-state index in [1.165, 1.54) is 30.9 Å². The van der Waals surface area contributed by atoms with Crippen LogP contribution in [0.3, 0.4) is 0 Å². The van der Waals surface area contributed by atoms with Gasteiger partial charge in [-0.2, -0.15) is 0 Å². The molecule has 1 aromatic carbocycles. The Kier molecular flexibility index (Phi) is 4.92. The van der Waals surface area contributed by atoms with Gasteiger partial charge in [0.25, 0.3) is 5.91 Å². The first-order chi connectivity index (χ1) is 13.3. The Bertz CT molecular complexity index is 647. The highest BCUT2D eigenvalue weighted by atomic mass is 16.5. The molecule has 1 amide bonds. The molecule has 4 aliphatic rings. The lowest BCUT2D eigenvalue weighted by molar-refractivity contribution is -0.145. The van der Waals surface area contributed by atoms with Crippen molar-refractivity contribution in [2.75, 3.05) is 32.8 Å². The van der Waals surface area contributed by atoms with Crippen LogP contribution in [0.15, 0.2) is 30.3 Å². The van der Waals surface area contributed by atoms with Crippen LogP contribution in [0, 0.1) is 6.04 Å². The molecule has 5 nitrogen and oxygen atoms in total. The van der Waals surface area contributed by atoms with Gasteiger partial charge in [0, 0.05) is 50.8 Å². The molecule has 1 saturated carbocycles. The Hall–Kier alpha value is -1.43. The lowest BCUT2D eigenvalue weighted by atomic mass is 9.98. The van der Waals surface area contributed by atoms with Crippen LogP contribution in [0.5, 0.6) is 0 Å². The summed E-state index contributed by atoms with van der Waals surface area (Å²) >= 11 is 0. The number of nitrogens with zero attached hydrogens (tertiary/aromatic N) is 2. The van der Waals surface area contributed by atoms with Crippen molar-refractivity contribution in [1.82, 2.24) is 15.1 Å². The second-order valence-corrected chi connectivity index (χ2v) is 8.55. The second kappa shape index (κ2) is 7.53. The number of hydrogen-bond acceptors (Lipinski definition) is 4. The highest BCUT2D eigenvalue weighted by Crippen LogP contribution is 2.41. The van der Waals surface area contributed by atoms with Gasteiger partial charge < -0.3 is 15.0 Å². The summed E-state index contributed by atoms with van der Waals surface area (Å²) in [6.45, 7) is 4.62. The SMILES string of the molecule is O=C([C@@H]1CCCO1)N1C[C](N2CCC(N[C@@H]3C[C@H]3c3ccccc3)CC2)C1. The number of likely N-dealkylation sites (tertiary alicyclic amines) is 2. The second-order valence-electron chi connectivity index (χ2n) is 8.55. The van der Waals surface area contributed by atoms with Crippen molar-refractivity contribution < 1.29 is 9.53 Å². The van der Waals surface area contributed by atoms with Crippen LogP contribution < -0.4 is 5.32 Å². The van der Waals surface area contributed by atoms with Crippen molar-refractivity contribution in [3.8, 4) is 0 Å². The molecule has 3 aliphatic heterocycles. The van der Waals surface area contributed by atoms with Crippen molar-refractivity contribution in [1.29, 1.82) is 0 Å². The van der Waals surface area contributed by atoms with Gasteiger partial charge in [-0.1, -0.05) is 30.3 Å². The molecule has 5 heteroatoms. The van der Waals surface area contributed by atoms with Crippen LogP contribution in [-0.4, -0.2) is 66.7 Å². The van der Waals surface area contributed by atoms with Gasteiger partial charge in [-0.3, -0.25) is 9.69 Å². The molecule has 3 atom stereocenters. The zero-order valence-electron chi connectivity index (χ0n) is 16.0. The lowest BCUT2D eigenvalue weighted by Crippen LogP contribution is -2.59. The third kappa shape index (κ3) is 3.78. The Morgan fingerprint density at radius 3 is 2.56 bits per heavy atom. The van der Waals surface area contributed by atoms with E-state index >= 15 is 0 Å². The monoisotopic (exact) mass is 368 g/mol. The average molecular weight is 369 g/mol. The number of hydrogen-bond donors (Lipinski definition) is 1. The molecule has 0 bridgehead atoms. The van der Waals surface area contributed by atoms with E-state index in [4.69, 9.17) is 4.74 Å². The van der Waals surface area contributed by atoms with Crippen molar-refractivity contribution in [2.24, 2.45) is 0 Å². The predicted molar refractivity (Wildman–Crippen MR) is 104 cm³/mol. The first-order valence-corrected chi connectivity index (χ1v) is 10.6. The fraction of sp³-hybridized carbons (Fsp3) is 0.636. The first kappa shape index (κ1) is 17.7. The third-order valence-electron chi connectivity index (χ3n) is 6.67. The van der Waals surface area contributed by atoms with Crippen LogP contribution >= 0.6 is 0 Å². The number of ether oxygens (including phenoxy) is 1. The Morgan fingerprint density at radius 1 is 1.07 bits per heavy atom. The molecule has 1 N–H and O–H groups in total. The van der Waals surface area contributed by atoms with E-state index in [2.05, 4.69) is 40.5 Å². The van der Waals surface area contributed by atoms with Crippen molar-refractivity contribution >= 4 is 5.91 Å². The molecular formula is C22H30N3O2. The summed E-state index contributed by atoms with van der Waals surface area (Å²) in [5.41, 5.74) is 1.48. The van der Waals surface area contributed by atoms with Gasteiger partial charge in [0.15, 0.2) is 0 Å². The minimum atomic E-state index is -0.169. The standard InChI is InChI=1S/C22H30N3O2/c26-22(21-7-4-12-27-21)25-14-18(15-25)24-10-8-17(9-11-24)23-20-13-19(20)16-5-2-1-3-6-16/h1-3,5-6,17,19-21,23H,4,7-15H2/t19-,20+,21-/m0/s1. The summed E-state index contributed by atoms with van der Waals surface area (Å²) in [7, 11) is 0. The molecule has 1 aliphatic carbocycles. The number of carbonyl (C=O) groups excluding carboxylic acids is 1. The van der Waals surface area contributed by atoms with E-state index in [1.807, 2.05) is 4.90 Å². The van der Waals surface area contributed by atoms with Crippen molar-refractivity contribution in [3.05, 3.63) is 41.9 Å². The van der Waals surface area contributed by atoms with E-state index < -0.39 is 0 Å². The molecular weight excluding hydrogens is 338 g/mol. The van der Waals surface area contributed by atoms with Crippen LogP contribution in [0.4, 0.5) is 0 Å². The molecule has 1 aromatic rings. The summed E-state index contributed by atoms with van der Waals surface area (Å²) in [5.74, 6) is 0.913. The quantitative estimate of drug-likeness (QED) is 0.865. The molecule has 0 aromatic heterocycles. The fourth-order valence-electron chi connectivity index (χ4n) is 4.84. The number of rotatable bonds is 5. The summed E-state index contributed by atoms with van der Waals surface area (Å²) in [4.78, 5) is 16.8. The maximum absolute atomic E-state index is 12.3. The number of nitrogens with one attached hydrogen (secondary N) is 1. The molecule has 3 heterocycles. The number of amides is 1. The molecule has 27 heavy (non-hydrogen) atoms. The van der Waals surface area contributed by atoms with Crippen LogP contribution in [0.25, 0.3) is 0 Å². The number of carbonyl (C=O) groups is 1. The average Bonchev–Trinajstić information content (AvgIpc) is 3.21. The minimum absolute atomic E-state index is 0.169. The van der Waals surface area contributed by atoms with E-state index in [1.54, 1.807) is 0 Å². The summed E-state index contributed by atoms with van der Waals surface area (Å²) < 4.78 is 5.53. The first-order valence-electron chi connectivity index (χ1n) is 10.6. The zero-order chi connectivity index (χ0) is 18.2. The Balaban J connectivity index is 1.02. The zero-order valence-corrected chi connectivity index (χ0v) is 16.0. The molecule has 0 unspecified atom stereocenters. The summed E-state index contributed by atoms with van der Waals surface area (Å²) in [6.07, 6.45) is 5.45. The normalized spacial score (nSPS) is 32.4. The van der Waals surface area contributed by atoms with Gasteiger partial charge in [-0.15, -0.1) is 0 Å². The van der Waals surface area contributed by atoms with Crippen molar-refractivity contribution in [3.63, 3.8) is 0 Å². The largest absolute Gasteiger partial charge is 0.368 e. The lowest BCUT2D eigenvalue weighted by Gasteiger charge is -2.47. The molecule has 3 saturated heterocycles. The Labute approximate surface area is 162 Å². The predicted octanol–water partition coefficient (Wildman–Crippen LogP) is 2.15. The minimum Gasteiger partial charge on any atom is -0.368 e. The maximum atomic E-state index is 12.3. The highest BCUT2D eigenvalue weighted by molar-refractivity contribution is 5.82. The van der Waals surface area contributed by atoms with Crippen molar-refractivity contribution in [2.45, 2.75) is 56.2 Å². The molecule has 0 spiro atoms. The third-order valence-corrected chi connectivity index (χ3v) is 6.67. The molecule has 4 fully saturated rings. The van der Waals surface area contributed by atoms with Gasteiger partial charge in [0.2, 0.25) is 0 Å². The van der Waals surface area contributed by atoms with E-state index in [-0.39, 0.29) is 12.0 Å². The molecule has 5 rings (SSSR count). The van der Waals surface area contributed by atoms with Gasteiger partial charge in [0.05, 0.1) is 6.04 Å². The molecule has 1 radical (unpaired) electrons. The molecule has 145 valence electrons. The van der Waals surface area contributed by atoms with Gasteiger partial charge in [-0.05, 0) is 37.7 Å². The number of benzene rings is 1. The van der Waals surface area contributed by atoms with Crippen LogP contribution in [0.1, 0.15) is 43.6 Å². The summed E-state index contributed by atoms with van der Waals surface area (Å²) in [5, 5.41) is 3.88. The van der Waals surface area contributed by atoms with E-state index in [0.717, 1.165) is 45.6 Å².